The van der Waals surface area contributed by atoms with E-state index in [2.05, 4.69) is 42.7 Å². The molecule has 184 valence electrons. The van der Waals surface area contributed by atoms with Gasteiger partial charge in [0.2, 0.25) is 11.9 Å². The topological polar surface area (TPSA) is 132 Å². The number of ether oxygens (including phenoxy) is 1. The average Bonchev–Trinajstić information content (AvgIpc) is 3.51. The van der Waals surface area contributed by atoms with Crippen molar-refractivity contribution in [2.24, 2.45) is 5.73 Å². The van der Waals surface area contributed by atoms with E-state index < -0.39 is 12.1 Å². The standard InChI is InChI=1S/C18H26FN9O.C3H5NO/c1-12-9-20-16-15(22-18(24-28(12)16)26-6-5-13(19)10-26)21-14-11-27(8-7-25(2)3)23-17(14)29-4;1-2-3(4)5/h9,11,13H,5-8,10H2,1-4H3,(H,21,22,24);2H,1H2,(H2,4,5). The number of halogens is 1. The van der Waals surface area contributed by atoms with Crippen LogP contribution >= 0.6 is 0 Å². The third kappa shape index (κ3) is 5.98. The second-order valence-electron chi connectivity index (χ2n) is 8.08. The average molecular weight is 475 g/mol. The lowest BCUT2D eigenvalue weighted by Crippen LogP contribution is -2.24. The molecule has 1 amide bonds. The third-order valence-electron chi connectivity index (χ3n) is 5.09. The van der Waals surface area contributed by atoms with E-state index in [1.165, 1.54) is 0 Å². The van der Waals surface area contributed by atoms with Gasteiger partial charge in [0.15, 0.2) is 11.5 Å². The number of rotatable bonds is 8. The van der Waals surface area contributed by atoms with Gasteiger partial charge in [-0.15, -0.1) is 10.2 Å². The van der Waals surface area contributed by atoms with E-state index in [0.717, 1.165) is 24.9 Å². The number of likely N-dealkylation sites (N-methyl/N-ethyl adjacent to an activating group) is 1. The zero-order valence-corrected chi connectivity index (χ0v) is 19.9. The fraction of sp³-hybridized carbons (Fsp3) is 0.476. The molecule has 3 N–H and O–H groups in total. The highest BCUT2D eigenvalue weighted by Crippen LogP contribution is 2.29. The molecule has 0 aliphatic carbocycles. The number of aryl methyl sites for hydroxylation is 1. The van der Waals surface area contributed by atoms with Gasteiger partial charge in [-0.05, 0) is 33.5 Å². The van der Waals surface area contributed by atoms with Crippen molar-refractivity contribution in [2.45, 2.75) is 26.1 Å². The number of aromatic nitrogens is 6. The first-order valence-corrected chi connectivity index (χ1v) is 10.8. The monoisotopic (exact) mass is 474 g/mol. The lowest BCUT2D eigenvalue weighted by molar-refractivity contribution is -0.113. The van der Waals surface area contributed by atoms with Crippen LogP contribution in [-0.4, -0.2) is 87.2 Å². The second-order valence-corrected chi connectivity index (χ2v) is 8.08. The summed E-state index contributed by atoms with van der Waals surface area (Å²) in [6, 6.07) is 0. The number of nitrogens with two attached hydrogens (primary N) is 1. The summed E-state index contributed by atoms with van der Waals surface area (Å²) in [4.78, 5) is 22.5. The molecule has 34 heavy (non-hydrogen) atoms. The van der Waals surface area contributed by atoms with E-state index in [4.69, 9.17) is 4.74 Å². The summed E-state index contributed by atoms with van der Waals surface area (Å²) in [5.74, 6) is 0.983. The Morgan fingerprint density at radius 3 is 2.76 bits per heavy atom. The van der Waals surface area contributed by atoms with Crippen LogP contribution < -0.4 is 20.7 Å². The Balaban J connectivity index is 0.000000588. The van der Waals surface area contributed by atoms with E-state index in [1.54, 1.807) is 17.8 Å². The molecule has 4 rings (SSSR count). The first-order valence-electron chi connectivity index (χ1n) is 10.8. The summed E-state index contributed by atoms with van der Waals surface area (Å²) in [7, 11) is 5.61. The van der Waals surface area contributed by atoms with Crippen molar-refractivity contribution in [3.8, 4) is 5.88 Å². The molecule has 4 heterocycles. The first kappa shape index (κ1) is 24.9. The van der Waals surface area contributed by atoms with Crippen LogP contribution in [0, 0.1) is 6.92 Å². The molecule has 13 heteroatoms. The number of imidazole rings is 1. The number of fused-ring (bicyclic) bond motifs is 1. The Labute approximate surface area is 197 Å². The van der Waals surface area contributed by atoms with Crippen molar-refractivity contribution in [1.29, 1.82) is 0 Å². The highest BCUT2D eigenvalue weighted by molar-refractivity contribution is 5.85. The van der Waals surface area contributed by atoms with Crippen LogP contribution in [-0.2, 0) is 11.3 Å². The van der Waals surface area contributed by atoms with Gasteiger partial charge in [-0.25, -0.2) is 13.9 Å². The summed E-state index contributed by atoms with van der Waals surface area (Å²) >= 11 is 0. The Kier molecular flexibility index (Phi) is 7.99. The number of alkyl halides is 1. The van der Waals surface area contributed by atoms with E-state index in [9.17, 15) is 9.18 Å². The lowest BCUT2D eigenvalue weighted by Gasteiger charge is -2.16. The van der Waals surface area contributed by atoms with Gasteiger partial charge in [-0.1, -0.05) is 6.58 Å². The number of anilines is 3. The minimum atomic E-state index is -0.857. The molecule has 1 aliphatic rings. The number of amides is 1. The fourth-order valence-electron chi connectivity index (χ4n) is 3.28. The summed E-state index contributed by atoms with van der Waals surface area (Å²) in [5.41, 5.74) is 6.68. The van der Waals surface area contributed by atoms with Gasteiger partial charge in [0, 0.05) is 13.1 Å². The Hall–Kier alpha value is -3.74. The van der Waals surface area contributed by atoms with Gasteiger partial charge in [-0.2, -0.15) is 4.98 Å². The van der Waals surface area contributed by atoms with Gasteiger partial charge >= 0.3 is 0 Å². The van der Waals surface area contributed by atoms with Crippen LogP contribution in [0.25, 0.3) is 5.65 Å². The Morgan fingerprint density at radius 2 is 2.18 bits per heavy atom. The van der Waals surface area contributed by atoms with Crippen LogP contribution in [0.5, 0.6) is 5.88 Å². The maximum Gasteiger partial charge on any atom is 0.256 e. The molecule has 1 aliphatic heterocycles. The largest absolute Gasteiger partial charge is 0.478 e. The number of nitrogens with one attached hydrogen (secondary N) is 1. The molecule has 1 atom stereocenters. The molecular formula is C21H31FN10O2. The number of hydrogen-bond acceptors (Lipinski definition) is 9. The number of primary amides is 1. The second kappa shape index (κ2) is 10.9. The fourth-order valence-corrected chi connectivity index (χ4v) is 3.28. The maximum atomic E-state index is 13.7. The number of carbonyl (C=O) groups is 1. The summed E-state index contributed by atoms with van der Waals surface area (Å²) in [6.07, 6.45) is 4.30. The molecular weight excluding hydrogens is 443 g/mol. The van der Waals surface area contributed by atoms with Crippen molar-refractivity contribution in [3.63, 3.8) is 0 Å². The van der Waals surface area contributed by atoms with Gasteiger partial charge in [-0.3, -0.25) is 9.48 Å². The van der Waals surface area contributed by atoms with E-state index >= 15 is 0 Å². The van der Waals surface area contributed by atoms with Gasteiger partial charge < -0.3 is 25.6 Å². The molecule has 0 saturated carbocycles. The smallest absolute Gasteiger partial charge is 0.256 e. The lowest BCUT2D eigenvalue weighted by atomic mass is 10.3. The molecule has 0 radical (unpaired) electrons. The Morgan fingerprint density at radius 1 is 1.44 bits per heavy atom. The van der Waals surface area contributed by atoms with Crippen LogP contribution in [0.3, 0.4) is 0 Å². The molecule has 0 spiro atoms. The third-order valence-corrected chi connectivity index (χ3v) is 5.09. The number of methoxy groups -OCH3 is 1. The molecule has 12 nitrogen and oxygen atoms in total. The summed E-state index contributed by atoms with van der Waals surface area (Å²) in [5, 5.41) is 12.3. The minimum Gasteiger partial charge on any atom is -0.478 e. The van der Waals surface area contributed by atoms with E-state index in [1.807, 2.05) is 36.8 Å². The van der Waals surface area contributed by atoms with E-state index in [-0.39, 0.29) is 0 Å². The zero-order chi connectivity index (χ0) is 24.8. The van der Waals surface area contributed by atoms with Crippen molar-refractivity contribution in [1.82, 2.24) is 34.3 Å². The first-order chi connectivity index (χ1) is 16.2. The van der Waals surface area contributed by atoms with Crippen molar-refractivity contribution < 1.29 is 13.9 Å². The predicted octanol–water partition coefficient (Wildman–Crippen LogP) is 1.15. The van der Waals surface area contributed by atoms with Crippen molar-refractivity contribution in [3.05, 3.63) is 30.7 Å². The molecule has 1 saturated heterocycles. The predicted molar refractivity (Wildman–Crippen MR) is 127 cm³/mol. The van der Waals surface area contributed by atoms with Crippen molar-refractivity contribution >= 4 is 29.0 Å². The molecule has 1 unspecified atom stereocenters. The Bertz CT molecular complexity index is 1140. The van der Waals surface area contributed by atoms with Crippen LogP contribution in [0.4, 0.5) is 21.8 Å². The van der Waals surface area contributed by atoms with Gasteiger partial charge in [0.05, 0.1) is 38.3 Å². The van der Waals surface area contributed by atoms with Crippen molar-refractivity contribution in [2.75, 3.05) is 51.1 Å². The normalized spacial score (nSPS) is 15.4. The van der Waals surface area contributed by atoms with Gasteiger partial charge in [0.25, 0.3) is 5.88 Å². The quantitative estimate of drug-likeness (QED) is 0.461. The number of hydrogen-bond donors (Lipinski definition) is 2. The van der Waals surface area contributed by atoms with E-state index in [0.29, 0.717) is 48.5 Å². The molecule has 1 fully saturated rings. The minimum absolute atomic E-state index is 0.296. The number of nitrogens with zero attached hydrogens (tertiary/aromatic N) is 8. The SMILES string of the molecule is C=CC(N)=O.COc1nn(CCN(C)C)cc1Nc1nc(N2CCC(F)C2)nn2c(C)cnc12. The highest BCUT2D eigenvalue weighted by atomic mass is 19.1. The highest BCUT2D eigenvalue weighted by Gasteiger charge is 2.26. The molecule has 3 aromatic rings. The zero-order valence-electron chi connectivity index (χ0n) is 19.9. The summed E-state index contributed by atoms with van der Waals surface area (Å²) in [6.45, 7) is 7.47. The van der Waals surface area contributed by atoms with Gasteiger partial charge in [0.1, 0.15) is 11.9 Å². The molecule has 0 aromatic carbocycles. The van der Waals surface area contributed by atoms with Crippen LogP contribution in [0.2, 0.25) is 0 Å². The molecule has 0 bridgehead atoms. The number of carbonyl (C=O) groups excluding carboxylic acids is 1. The maximum absolute atomic E-state index is 13.7. The van der Waals surface area contributed by atoms with Crippen LogP contribution in [0.1, 0.15) is 12.1 Å². The summed E-state index contributed by atoms with van der Waals surface area (Å²) < 4.78 is 22.7. The molecule has 3 aromatic heterocycles. The van der Waals surface area contributed by atoms with Crippen LogP contribution in [0.15, 0.2) is 25.0 Å².